The van der Waals surface area contributed by atoms with Gasteiger partial charge in [-0.1, -0.05) is 0 Å². The van der Waals surface area contributed by atoms with E-state index in [1.807, 2.05) is 0 Å². The predicted octanol–water partition coefficient (Wildman–Crippen LogP) is -0.963. The number of carbonyl (C=O) groups excluding carboxylic acids is 4. The van der Waals surface area contributed by atoms with Crippen LogP contribution in [0.4, 0.5) is 4.79 Å². The van der Waals surface area contributed by atoms with Gasteiger partial charge in [0.1, 0.15) is 0 Å². The van der Waals surface area contributed by atoms with Gasteiger partial charge in [-0.2, -0.15) is 0 Å². The van der Waals surface area contributed by atoms with Crippen LogP contribution in [0.3, 0.4) is 0 Å². The molecule has 3 heterocycles. The Balaban J connectivity index is 1.44. The van der Waals surface area contributed by atoms with E-state index in [4.69, 9.17) is 4.84 Å². The van der Waals surface area contributed by atoms with E-state index in [0.717, 1.165) is 19.5 Å². The minimum absolute atomic E-state index is 0.0719. The van der Waals surface area contributed by atoms with Crippen LogP contribution in [0.5, 0.6) is 0 Å². The smallest absolute Gasteiger partial charge is 0.338 e. The van der Waals surface area contributed by atoms with Crippen LogP contribution in [0.15, 0.2) is 0 Å². The summed E-state index contributed by atoms with van der Waals surface area (Å²) in [5, 5.41) is 0.545. The van der Waals surface area contributed by atoms with Gasteiger partial charge in [-0.05, 0) is 19.5 Å². The molecule has 0 N–H and O–H groups in total. The molecule has 4 amide bonds. The monoisotopic (exact) mass is 324 g/mol. The van der Waals surface area contributed by atoms with Crippen LogP contribution in [0.1, 0.15) is 19.3 Å². The quantitative estimate of drug-likeness (QED) is 0.621. The number of nitrogens with zero attached hydrogens (tertiary/aromatic N) is 4. The molecule has 3 rings (SSSR count). The summed E-state index contributed by atoms with van der Waals surface area (Å²) in [5.41, 5.74) is 0. The fourth-order valence-corrected chi connectivity index (χ4v) is 2.76. The van der Waals surface area contributed by atoms with Gasteiger partial charge < -0.3 is 14.6 Å². The van der Waals surface area contributed by atoms with Crippen LogP contribution in [0, 0.1) is 0 Å². The Labute approximate surface area is 133 Å². The Morgan fingerprint density at radius 2 is 1.43 bits per heavy atom. The van der Waals surface area contributed by atoms with E-state index < -0.39 is 17.9 Å². The van der Waals surface area contributed by atoms with Gasteiger partial charge in [0, 0.05) is 39.0 Å². The van der Waals surface area contributed by atoms with Crippen molar-refractivity contribution in [2.75, 3.05) is 45.8 Å². The van der Waals surface area contributed by atoms with E-state index in [1.54, 1.807) is 4.90 Å². The minimum atomic E-state index is -0.719. The maximum Gasteiger partial charge on any atom is 0.434 e. The summed E-state index contributed by atoms with van der Waals surface area (Å²) in [7, 11) is 0. The first kappa shape index (κ1) is 15.7. The van der Waals surface area contributed by atoms with Gasteiger partial charge in [-0.25, -0.2) is 4.79 Å². The number of amides is 4. The predicted molar refractivity (Wildman–Crippen MR) is 76.8 cm³/mol. The van der Waals surface area contributed by atoms with Crippen molar-refractivity contribution in [1.29, 1.82) is 0 Å². The van der Waals surface area contributed by atoms with E-state index in [2.05, 4.69) is 4.90 Å². The number of likely N-dealkylation sites (tertiary alicyclic amines) is 1. The molecule has 126 valence electrons. The Hall–Kier alpha value is -2.16. The van der Waals surface area contributed by atoms with Crippen molar-refractivity contribution in [1.82, 2.24) is 19.8 Å². The van der Waals surface area contributed by atoms with Crippen LogP contribution >= 0.6 is 0 Å². The highest BCUT2D eigenvalue weighted by atomic mass is 16.7. The molecule has 0 aromatic carbocycles. The molecule has 0 aromatic heterocycles. The standard InChI is InChI=1S/C14H20N4O5/c19-11-2-3-12(20)18(11)23-14(22)17-8-6-16(7-9-17)13(21)10-15-4-1-5-15/h1-10H2. The summed E-state index contributed by atoms with van der Waals surface area (Å²) in [4.78, 5) is 57.1. The van der Waals surface area contributed by atoms with Crippen molar-refractivity contribution in [3.05, 3.63) is 0 Å². The zero-order valence-corrected chi connectivity index (χ0v) is 12.9. The number of carbonyl (C=O) groups is 4. The van der Waals surface area contributed by atoms with Gasteiger partial charge in [0.15, 0.2) is 0 Å². The van der Waals surface area contributed by atoms with Crippen molar-refractivity contribution in [3.63, 3.8) is 0 Å². The molecule has 3 aliphatic rings. The molecule has 3 saturated heterocycles. The van der Waals surface area contributed by atoms with Crippen molar-refractivity contribution in [2.45, 2.75) is 19.3 Å². The molecule has 0 spiro atoms. The Bertz CT molecular complexity index is 509. The normalized spacial score (nSPS) is 22.3. The molecule has 0 aliphatic carbocycles. The highest BCUT2D eigenvalue weighted by molar-refractivity contribution is 6.01. The van der Waals surface area contributed by atoms with Crippen LogP contribution in [-0.4, -0.2) is 89.4 Å². The number of hydrogen-bond acceptors (Lipinski definition) is 6. The van der Waals surface area contributed by atoms with Crippen LogP contribution in [0.2, 0.25) is 0 Å². The summed E-state index contributed by atoms with van der Waals surface area (Å²) in [6, 6.07) is 0. The largest absolute Gasteiger partial charge is 0.434 e. The van der Waals surface area contributed by atoms with Gasteiger partial charge in [-0.15, -0.1) is 5.06 Å². The molecule has 0 bridgehead atoms. The first-order valence-corrected chi connectivity index (χ1v) is 7.87. The van der Waals surface area contributed by atoms with E-state index in [-0.39, 0.29) is 18.7 Å². The van der Waals surface area contributed by atoms with Crippen LogP contribution in [-0.2, 0) is 19.2 Å². The SMILES string of the molecule is O=C(CN1CCC1)N1CCN(C(=O)ON2C(=O)CCC2=O)CC1. The fourth-order valence-electron chi connectivity index (χ4n) is 2.76. The van der Waals surface area contributed by atoms with Gasteiger partial charge in [0.25, 0.3) is 11.8 Å². The minimum Gasteiger partial charge on any atom is -0.338 e. The Morgan fingerprint density at radius 3 is 1.96 bits per heavy atom. The number of hydrogen-bond donors (Lipinski definition) is 0. The maximum atomic E-state index is 12.1. The Morgan fingerprint density at radius 1 is 0.870 bits per heavy atom. The highest BCUT2D eigenvalue weighted by Crippen LogP contribution is 2.14. The van der Waals surface area contributed by atoms with E-state index >= 15 is 0 Å². The summed E-state index contributed by atoms with van der Waals surface area (Å²) in [6.45, 7) is 3.90. The average Bonchev–Trinajstić information content (AvgIpc) is 2.82. The van der Waals surface area contributed by atoms with Crippen LogP contribution < -0.4 is 0 Å². The molecule has 9 nitrogen and oxygen atoms in total. The van der Waals surface area contributed by atoms with Gasteiger partial charge in [0.05, 0.1) is 6.54 Å². The third-order valence-corrected chi connectivity index (χ3v) is 4.37. The van der Waals surface area contributed by atoms with Crippen LogP contribution in [0.25, 0.3) is 0 Å². The first-order chi connectivity index (χ1) is 11.0. The number of piperazine rings is 1. The molecule has 9 heteroatoms. The molecule has 3 fully saturated rings. The molecule has 0 unspecified atom stereocenters. The lowest BCUT2D eigenvalue weighted by atomic mass is 10.2. The zero-order chi connectivity index (χ0) is 16.4. The number of hydroxylamine groups is 2. The second kappa shape index (κ2) is 6.53. The molecule has 23 heavy (non-hydrogen) atoms. The van der Waals surface area contributed by atoms with Crippen molar-refractivity contribution in [2.24, 2.45) is 0 Å². The fraction of sp³-hybridized carbons (Fsp3) is 0.714. The lowest BCUT2D eigenvalue weighted by Crippen LogP contribution is -2.54. The van der Waals surface area contributed by atoms with E-state index in [1.165, 1.54) is 4.90 Å². The molecule has 0 atom stereocenters. The van der Waals surface area contributed by atoms with Crippen molar-refractivity contribution in [3.8, 4) is 0 Å². The summed E-state index contributed by atoms with van der Waals surface area (Å²) in [6.07, 6.45) is 0.569. The molecule has 3 aliphatic heterocycles. The zero-order valence-electron chi connectivity index (χ0n) is 12.9. The first-order valence-electron chi connectivity index (χ1n) is 7.87. The summed E-state index contributed by atoms with van der Waals surface area (Å²) < 4.78 is 0. The lowest BCUT2D eigenvalue weighted by Gasteiger charge is -2.37. The highest BCUT2D eigenvalue weighted by Gasteiger charge is 2.35. The third kappa shape index (κ3) is 3.44. The average molecular weight is 324 g/mol. The van der Waals surface area contributed by atoms with Gasteiger partial charge in [0.2, 0.25) is 5.91 Å². The molecule has 0 saturated carbocycles. The molecular formula is C14H20N4O5. The Kier molecular flexibility index (Phi) is 4.46. The van der Waals surface area contributed by atoms with Crippen molar-refractivity contribution >= 4 is 23.8 Å². The number of rotatable bonds is 3. The van der Waals surface area contributed by atoms with Gasteiger partial charge in [-0.3, -0.25) is 19.3 Å². The topological polar surface area (TPSA) is 90.5 Å². The second-order valence-corrected chi connectivity index (χ2v) is 5.94. The van der Waals surface area contributed by atoms with E-state index in [9.17, 15) is 19.2 Å². The van der Waals surface area contributed by atoms with Crippen molar-refractivity contribution < 1.29 is 24.0 Å². The summed E-state index contributed by atoms with van der Waals surface area (Å²) in [5.74, 6) is -0.916. The van der Waals surface area contributed by atoms with Gasteiger partial charge >= 0.3 is 6.09 Å². The molecule has 0 aromatic rings. The second-order valence-electron chi connectivity index (χ2n) is 5.94. The third-order valence-electron chi connectivity index (χ3n) is 4.37. The van der Waals surface area contributed by atoms with E-state index in [0.29, 0.717) is 37.8 Å². The number of imide groups is 1. The molecule has 0 radical (unpaired) electrons. The molecular weight excluding hydrogens is 304 g/mol. The maximum absolute atomic E-state index is 12.1. The summed E-state index contributed by atoms with van der Waals surface area (Å²) >= 11 is 0. The lowest BCUT2D eigenvalue weighted by molar-refractivity contribution is -0.174.